The molecule has 7 nitrogen and oxygen atoms in total. The van der Waals surface area contributed by atoms with Crippen molar-refractivity contribution in [3.05, 3.63) is 35.2 Å². The minimum Gasteiger partial charge on any atom is -0.444 e. The minimum absolute atomic E-state index is 0.0601. The second-order valence-electron chi connectivity index (χ2n) is 11.0. The summed E-state index contributed by atoms with van der Waals surface area (Å²) in [5.41, 5.74) is 2.50. The second-order valence-corrected chi connectivity index (χ2v) is 15.8. The van der Waals surface area contributed by atoms with Crippen molar-refractivity contribution in [3.8, 4) is 11.4 Å². The average molecular weight is 460 g/mol. The Morgan fingerprint density at radius 2 is 1.91 bits per heavy atom. The zero-order valence-corrected chi connectivity index (χ0v) is 21.8. The lowest BCUT2D eigenvalue weighted by atomic mass is 10.0. The monoisotopic (exact) mass is 459 g/mol. The predicted molar refractivity (Wildman–Crippen MR) is 127 cm³/mol. The van der Waals surface area contributed by atoms with E-state index in [4.69, 9.17) is 13.7 Å². The van der Waals surface area contributed by atoms with Crippen molar-refractivity contribution in [3.63, 3.8) is 0 Å². The fraction of sp³-hybridized carbons (Fsp3) is 0.625. The molecule has 8 heteroatoms. The summed E-state index contributed by atoms with van der Waals surface area (Å²) in [6, 6.07) is 5.81. The van der Waals surface area contributed by atoms with E-state index in [9.17, 15) is 4.79 Å². The summed E-state index contributed by atoms with van der Waals surface area (Å²) in [6.07, 6.45) is 0.802. The molecule has 1 aliphatic rings. The van der Waals surface area contributed by atoms with Crippen molar-refractivity contribution in [1.29, 1.82) is 0 Å². The summed E-state index contributed by atoms with van der Waals surface area (Å²) in [6.45, 7) is 18.7. The van der Waals surface area contributed by atoms with E-state index in [1.165, 1.54) is 0 Å². The van der Waals surface area contributed by atoms with E-state index in [0.29, 0.717) is 24.6 Å². The number of aryl methyl sites for hydroxylation is 1. The van der Waals surface area contributed by atoms with Crippen LogP contribution in [0.2, 0.25) is 18.1 Å². The molecule has 0 unspecified atom stereocenters. The molecule has 176 valence electrons. The zero-order chi connectivity index (χ0) is 23.9. The van der Waals surface area contributed by atoms with Crippen LogP contribution in [-0.4, -0.2) is 36.3 Å². The number of ether oxygens (including phenoxy) is 1. The number of amides is 1. The Balaban J connectivity index is 1.92. The maximum Gasteiger partial charge on any atom is 0.408 e. The van der Waals surface area contributed by atoms with Crippen LogP contribution in [0.4, 0.5) is 4.79 Å². The summed E-state index contributed by atoms with van der Waals surface area (Å²) in [7, 11) is -2.06. The van der Waals surface area contributed by atoms with Gasteiger partial charge >= 0.3 is 6.09 Å². The Bertz CT molecular complexity index is 972. The van der Waals surface area contributed by atoms with Gasteiger partial charge in [0.25, 0.3) is 0 Å². The summed E-state index contributed by atoms with van der Waals surface area (Å²) < 4.78 is 17.6. The van der Waals surface area contributed by atoms with E-state index in [2.05, 4.69) is 55.4 Å². The Morgan fingerprint density at radius 3 is 2.47 bits per heavy atom. The van der Waals surface area contributed by atoms with Crippen molar-refractivity contribution in [1.82, 2.24) is 15.5 Å². The number of benzene rings is 1. The van der Waals surface area contributed by atoms with E-state index in [0.717, 1.165) is 16.7 Å². The molecule has 0 radical (unpaired) electrons. The molecule has 1 amide bonds. The van der Waals surface area contributed by atoms with Gasteiger partial charge in [-0.05, 0) is 56.1 Å². The molecule has 1 aliphatic carbocycles. The molecular formula is C24H37N3O4Si. The molecule has 0 bridgehead atoms. The number of rotatable bonds is 5. The number of hydrogen-bond acceptors (Lipinski definition) is 6. The van der Waals surface area contributed by atoms with Crippen molar-refractivity contribution < 1.29 is 18.5 Å². The first-order valence-corrected chi connectivity index (χ1v) is 14.2. The van der Waals surface area contributed by atoms with Crippen LogP contribution in [-0.2, 0) is 22.0 Å². The summed E-state index contributed by atoms with van der Waals surface area (Å²) in [5, 5.41) is 7.24. The van der Waals surface area contributed by atoms with Crippen molar-refractivity contribution in [2.75, 3.05) is 0 Å². The van der Waals surface area contributed by atoms with E-state index in [1.807, 2.05) is 39.8 Å². The zero-order valence-electron chi connectivity index (χ0n) is 20.8. The molecule has 0 aliphatic heterocycles. The highest BCUT2D eigenvalue weighted by atomic mass is 28.4. The van der Waals surface area contributed by atoms with Crippen LogP contribution in [0.15, 0.2) is 22.7 Å². The lowest BCUT2D eigenvalue weighted by Crippen LogP contribution is -2.47. The van der Waals surface area contributed by atoms with Crippen LogP contribution in [0.5, 0.6) is 0 Å². The van der Waals surface area contributed by atoms with Gasteiger partial charge in [-0.25, -0.2) is 4.79 Å². The van der Waals surface area contributed by atoms with Gasteiger partial charge in [0, 0.05) is 18.4 Å². The van der Waals surface area contributed by atoms with Gasteiger partial charge in [-0.3, -0.25) is 0 Å². The number of fused-ring (bicyclic) bond motifs is 1. The number of aromatic nitrogens is 2. The Morgan fingerprint density at radius 1 is 1.22 bits per heavy atom. The number of carbonyl (C=O) groups is 1. The van der Waals surface area contributed by atoms with Crippen LogP contribution in [0, 0.1) is 0 Å². The molecule has 32 heavy (non-hydrogen) atoms. The van der Waals surface area contributed by atoms with Gasteiger partial charge in [0.05, 0.1) is 12.1 Å². The molecule has 1 aromatic heterocycles. The minimum atomic E-state index is -2.06. The van der Waals surface area contributed by atoms with Crippen molar-refractivity contribution >= 4 is 14.4 Å². The molecule has 0 fully saturated rings. The van der Waals surface area contributed by atoms with Crippen LogP contribution in [0.25, 0.3) is 11.4 Å². The third-order valence-corrected chi connectivity index (χ3v) is 10.7. The maximum absolute atomic E-state index is 12.6. The number of hydrogen-bond donors (Lipinski definition) is 1. The molecule has 0 spiro atoms. The third kappa shape index (κ3) is 5.40. The van der Waals surface area contributed by atoms with E-state index in [-0.39, 0.29) is 17.2 Å². The van der Waals surface area contributed by atoms with Crippen LogP contribution >= 0.6 is 0 Å². The SMILES string of the molecule is CCc1nc(-c2ccc3c(c2)C[C@H](O[Si](C)(C)C(C)(C)C)[C@H]3NC(=O)OC(C)(C)C)no1. The fourth-order valence-electron chi connectivity index (χ4n) is 3.55. The van der Waals surface area contributed by atoms with E-state index in [1.54, 1.807) is 0 Å². The van der Waals surface area contributed by atoms with Gasteiger partial charge in [0.15, 0.2) is 8.32 Å². The fourth-order valence-corrected chi connectivity index (χ4v) is 4.88. The molecular weight excluding hydrogens is 422 g/mol. The molecule has 1 heterocycles. The summed E-state index contributed by atoms with van der Waals surface area (Å²) in [5.74, 6) is 1.19. The number of nitrogens with zero attached hydrogens (tertiary/aromatic N) is 2. The van der Waals surface area contributed by atoms with Crippen LogP contribution in [0.3, 0.4) is 0 Å². The van der Waals surface area contributed by atoms with E-state index < -0.39 is 20.0 Å². The molecule has 0 saturated heterocycles. The highest BCUT2D eigenvalue weighted by Gasteiger charge is 2.44. The molecule has 0 saturated carbocycles. The normalized spacial score (nSPS) is 19.0. The lowest BCUT2D eigenvalue weighted by Gasteiger charge is -2.40. The smallest absolute Gasteiger partial charge is 0.408 e. The van der Waals surface area contributed by atoms with Crippen molar-refractivity contribution in [2.45, 2.75) is 97.2 Å². The first kappa shape index (κ1) is 24.4. The summed E-state index contributed by atoms with van der Waals surface area (Å²) >= 11 is 0. The molecule has 2 atom stereocenters. The first-order valence-electron chi connectivity index (χ1n) is 11.3. The van der Waals surface area contributed by atoms with Crippen molar-refractivity contribution in [2.24, 2.45) is 0 Å². The summed E-state index contributed by atoms with van der Waals surface area (Å²) in [4.78, 5) is 17.1. The highest BCUT2D eigenvalue weighted by Crippen LogP contribution is 2.42. The Kier molecular flexibility index (Phi) is 6.59. The topological polar surface area (TPSA) is 86.5 Å². The average Bonchev–Trinajstić information content (AvgIpc) is 3.24. The molecule has 2 aromatic rings. The van der Waals surface area contributed by atoms with E-state index >= 15 is 0 Å². The quantitative estimate of drug-likeness (QED) is 0.568. The number of alkyl carbamates (subject to hydrolysis) is 1. The number of nitrogens with one attached hydrogen (secondary N) is 1. The molecule has 3 rings (SSSR count). The maximum atomic E-state index is 12.6. The van der Waals surface area contributed by atoms with Gasteiger partial charge in [-0.2, -0.15) is 4.98 Å². The lowest BCUT2D eigenvalue weighted by molar-refractivity contribution is 0.0446. The second kappa shape index (κ2) is 8.63. The Hall–Kier alpha value is -2.19. The Labute approximate surface area is 192 Å². The third-order valence-electron chi connectivity index (χ3n) is 6.22. The van der Waals surface area contributed by atoms with Crippen LogP contribution in [0.1, 0.15) is 71.5 Å². The van der Waals surface area contributed by atoms with Gasteiger partial charge in [-0.15, -0.1) is 0 Å². The van der Waals surface area contributed by atoms with Gasteiger partial charge in [0.2, 0.25) is 11.7 Å². The van der Waals surface area contributed by atoms with Gasteiger partial charge < -0.3 is 19.0 Å². The standard InChI is InChI=1S/C24H37N3O4Si/c1-10-19-25-21(27-30-19)15-11-12-17-16(13-15)14-18(31-32(8,9)24(5,6)7)20(17)26-22(28)29-23(2,3)4/h11-13,18,20H,10,14H2,1-9H3,(H,26,28)/t18-,20-/m0/s1. The largest absolute Gasteiger partial charge is 0.444 e. The predicted octanol–water partition coefficient (Wildman–Crippen LogP) is 5.81. The number of carbonyl (C=O) groups excluding carboxylic acids is 1. The highest BCUT2D eigenvalue weighted by molar-refractivity contribution is 6.74. The first-order chi connectivity index (χ1) is 14.7. The van der Waals surface area contributed by atoms with Crippen LogP contribution < -0.4 is 5.32 Å². The van der Waals surface area contributed by atoms with Gasteiger partial charge in [0.1, 0.15) is 5.60 Å². The van der Waals surface area contributed by atoms with Gasteiger partial charge in [-0.1, -0.05) is 45.0 Å². The molecule has 1 N–H and O–H groups in total. The molecule has 1 aromatic carbocycles.